The number of carbonyl (C=O) groups is 3. The first-order valence-corrected chi connectivity index (χ1v) is 7.52. The molecule has 0 unspecified atom stereocenters. The number of Topliss-reactive ketones (excluding diaryl/α,β-unsaturated/α-hetero) is 1. The van der Waals surface area contributed by atoms with Gasteiger partial charge in [0.1, 0.15) is 12.1 Å². The van der Waals surface area contributed by atoms with Gasteiger partial charge in [0.25, 0.3) is 0 Å². The molecule has 0 radical (unpaired) electrons. The van der Waals surface area contributed by atoms with Crippen LogP contribution in [0.4, 0.5) is 0 Å². The van der Waals surface area contributed by atoms with E-state index in [4.69, 9.17) is 0 Å². The first-order valence-electron chi connectivity index (χ1n) is 7.52. The lowest BCUT2D eigenvalue weighted by Crippen LogP contribution is -2.52. The van der Waals surface area contributed by atoms with Crippen LogP contribution in [0.25, 0.3) is 0 Å². The molecule has 0 spiro atoms. The summed E-state index contributed by atoms with van der Waals surface area (Å²) in [6.07, 6.45) is 6.83. The summed E-state index contributed by atoms with van der Waals surface area (Å²) >= 11 is 0. The Morgan fingerprint density at radius 3 is 2.84 bits per heavy atom. The largest absolute Gasteiger partial charge is 0.339 e. The van der Waals surface area contributed by atoms with Crippen LogP contribution >= 0.6 is 0 Å². The van der Waals surface area contributed by atoms with Crippen LogP contribution in [0.3, 0.4) is 0 Å². The van der Waals surface area contributed by atoms with E-state index < -0.39 is 0 Å². The van der Waals surface area contributed by atoms with E-state index >= 15 is 0 Å². The smallest absolute Gasteiger partial charge is 0.226 e. The van der Waals surface area contributed by atoms with Crippen molar-refractivity contribution in [2.45, 2.75) is 51.0 Å². The van der Waals surface area contributed by atoms with Gasteiger partial charge in [0.15, 0.2) is 0 Å². The number of carbonyl (C=O) groups excluding carboxylic acids is 3. The summed E-state index contributed by atoms with van der Waals surface area (Å²) in [6, 6.07) is 0.182. The van der Waals surface area contributed by atoms with E-state index in [1.54, 1.807) is 0 Å². The molecule has 3 rings (SSSR count). The lowest BCUT2D eigenvalue weighted by Gasteiger charge is -2.42. The number of unbranched alkanes of at least 4 members (excludes halogenated alkanes) is 1. The van der Waals surface area contributed by atoms with Gasteiger partial charge >= 0.3 is 0 Å². The van der Waals surface area contributed by atoms with Crippen LogP contribution in [0.15, 0.2) is 0 Å². The zero-order valence-corrected chi connectivity index (χ0v) is 11.2. The van der Waals surface area contributed by atoms with Crippen LogP contribution in [0.5, 0.6) is 0 Å². The predicted octanol–water partition coefficient (Wildman–Crippen LogP) is 1.57. The second kappa shape index (κ2) is 5.06. The van der Waals surface area contributed by atoms with Crippen molar-refractivity contribution in [3.05, 3.63) is 0 Å². The Hall–Kier alpha value is -1.19. The average molecular weight is 263 g/mol. The monoisotopic (exact) mass is 263 g/mol. The summed E-state index contributed by atoms with van der Waals surface area (Å²) in [5, 5.41) is 0. The third-order valence-electron chi connectivity index (χ3n) is 5.18. The van der Waals surface area contributed by atoms with Crippen LogP contribution in [-0.2, 0) is 14.4 Å². The molecule has 4 nitrogen and oxygen atoms in total. The van der Waals surface area contributed by atoms with Gasteiger partial charge in [-0.1, -0.05) is 0 Å². The molecule has 4 heteroatoms. The van der Waals surface area contributed by atoms with Crippen molar-refractivity contribution in [3.8, 4) is 0 Å². The van der Waals surface area contributed by atoms with Gasteiger partial charge in [-0.15, -0.1) is 0 Å². The number of ketones is 1. The molecular weight excluding hydrogens is 242 g/mol. The molecule has 0 N–H and O–H groups in total. The Balaban J connectivity index is 1.77. The quantitative estimate of drug-likeness (QED) is 0.571. The summed E-state index contributed by atoms with van der Waals surface area (Å²) in [4.78, 5) is 37.4. The van der Waals surface area contributed by atoms with Crippen molar-refractivity contribution in [1.82, 2.24) is 4.90 Å². The van der Waals surface area contributed by atoms with Crippen molar-refractivity contribution >= 4 is 18.0 Å². The molecule has 3 aliphatic rings. The van der Waals surface area contributed by atoms with Crippen molar-refractivity contribution in [2.24, 2.45) is 17.8 Å². The molecule has 2 aliphatic heterocycles. The number of aldehydes is 1. The van der Waals surface area contributed by atoms with E-state index in [1.807, 2.05) is 4.90 Å². The van der Waals surface area contributed by atoms with Crippen LogP contribution in [0, 0.1) is 17.8 Å². The van der Waals surface area contributed by atoms with Crippen molar-refractivity contribution in [3.63, 3.8) is 0 Å². The Morgan fingerprint density at radius 2 is 2.05 bits per heavy atom. The third kappa shape index (κ3) is 2.01. The summed E-state index contributed by atoms with van der Waals surface area (Å²) in [7, 11) is 0. The highest BCUT2D eigenvalue weighted by Crippen LogP contribution is 2.46. The van der Waals surface area contributed by atoms with Crippen LogP contribution < -0.4 is 0 Å². The van der Waals surface area contributed by atoms with E-state index in [2.05, 4.69) is 0 Å². The van der Waals surface area contributed by atoms with Crippen molar-refractivity contribution < 1.29 is 14.4 Å². The van der Waals surface area contributed by atoms with E-state index in [1.165, 1.54) is 0 Å². The second-order valence-corrected chi connectivity index (χ2v) is 6.15. The minimum absolute atomic E-state index is 0.0847. The third-order valence-corrected chi connectivity index (χ3v) is 5.18. The fourth-order valence-corrected chi connectivity index (χ4v) is 4.27. The maximum absolute atomic E-state index is 12.5. The number of amides is 1. The molecule has 2 saturated heterocycles. The summed E-state index contributed by atoms with van der Waals surface area (Å²) in [5.74, 6) is 0.410. The number of rotatable bonds is 4. The van der Waals surface area contributed by atoms with Crippen LogP contribution in [0.2, 0.25) is 0 Å². The molecule has 0 aromatic rings. The normalized spacial score (nSPS) is 37.4. The lowest BCUT2D eigenvalue weighted by molar-refractivity contribution is -0.144. The molecule has 3 fully saturated rings. The lowest BCUT2D eigenvalue weighted by atomic mass is 9.84. The van der Waals surface area contributed by atoms with Gasteiger partial charge in [0.05, 0.1) is 0 Å². The molecule has 2 bridgehead atoms. The van der Waals surface area contributed by atoms with Gasteiger partial charge in [-0.05, 0) is 38.5 Å². The molecule has 1 amide bonds. The van der Waals surface area contributed by atoms with E-state index in [-0.39, 0.29) is 29.7 Å². The van der Waals surface area contributed by atoms with Crippen LogP contribution in [0.1, 0.15) is 44.9 Å². The first-order chi connectivity index (χ1) is 9.24. The Bertz CT molecular complexity index is 406. The van der Waals surface area contributed by atoms with Crippen LogP contribution in [-0.4, -0.2) is 35.5 Å². The highest BCUT2D eigenvalue weighted by Gasteiger charge is 2.55. The Kier molecular flexibility index (Phi) is 3.42. The predicted molar refractivity (Wildman–Crippen MR) is 69.4 cm³/mol. The fourth-order valence-electron chi connectivity index (χ4n) is 4.27. The van der Waals surface area contributed by atoms with Gasteiger partial charge in [0, 0.05) is 36.8 Å². The molecule has 4 atom stereocenters. The SMILES string of the molecule is O=CCCC[C@H]1C(=O)[C@@H]2C[C@H]1C(=O)N1CCCC[C@@H]21. The van der Waals surface area contributed by atoms with E-state index in [9.17, 15) is 14.4 Å². The Morgan fingerprint density at radius 1 is 1.21 bits per heavy atom. The molecule has 19 heavy (non-hydrogen) atoms. The Labute approximate surface area is 113 Å². The molecule has 1 saturated carbocycles. The average Bonchev–Trinajstić information content (AvgIpc) is 2.72. The van der Waals surface area contributed by atoms with Gasteiger partial charge in [0.2, 0.25) is 5.91 Å². The van der Waals surface area contributed by atoms with Crippen molar-refractivity contribution in [2.75, 3.05) is 6.54 Å². The number of piperidine rings is 2. The van der Waals surface area contributed by atoms with Crippen molar-refractivity contribution in [1.29, 1.82) is 0 Å². The first kappa shape index (κ1) is 12.8. The zero-order valence-electron chi connectivity index (χ0n) is 11.2. The van der Waals surface area contributed by atoms with Gasteiger partial charge in [-0.3, -0.25) is 9.59 Å². The number of hydrogen-bond acceptors (Lipinski definition) is 3. The molecule has 104 valence electrons. The summed E-state index contributed by atoms with van der Waals surface area (Å²) in [6.45, 7) is 0.838. The number of hydrogen-bond donors (Lipinski definition) is 0. The van der Waals surface area contributed by atoms with Gasteiger partial charge < -0.3 is 9.69 Å². The molecule has 1 aliphatic carbocycles. The number of fused-ring (bicyclic) bond motifs is 4. The van der Waals surface area contributed by atoms with Gasteiger partial charge in [-0.25, -0.2) is 0 Å². The highest BCUT2D eigenvalue weighted by atomic mass is 16.2. The zero-order chi connectivity index (χ0) is 13.4. The minimum atomic E-state index is -0.108. The van der Waals surface area contributed by atoms with E-state index in [0.717, 1.165) is 44.9 Å². The number of nitrogens with zero attached hydrogens (tertiary/aromatic N) is 1. The summed E-state index contributed by atoms with van der Waals surface area (Å²) in [5.41, 5.74) is 0. The molecule has 0 aromatic heterocycles. The minimum Gasteiger partial charge on any atom is -0.339 e. The van der Waals surface area contributed by atoms with Gasteiger partial charge in [-0.2, -0.15) is 0 Å². The molecule has 2 heterocycles. The summed E-state index contributed by atoms with van der Waals surface area (Å²) < 4.78 is 0. The second-order valence-electron chi connectivity index (χ2n) is 6.15. The maximum atomic E-state index is 12.5. The molecule has 0 aromatic carbocycles. The topological polar surface area (TPSA) is 54.5 Å². The fraction of sp³-hybridized carbons (Fsp3) is 0.800. The molecular formula is C15H21NO3. The standard InChI is InChI=1S/C15H21NO3/c17-8-4-2-5-10-11-9-12(14(10)18)13-6-1-3-7-16(13)15(11)19/h8,10-13H,1-7,9H2/t10-,11-,12-,13+/m1/s1. The highest BCUT2D eigenvalue weighted by molar-refractivity contribution is 5.96. The maximum Gasteiger partial charge on any atom is 0.226 e. The van der Waals surface area contributed by atoms with E-state index in [0.29, 0.717) is 18.6 Å².